The number of ether oxygens (including phenoxy) is 1. The van der Waals surface area contributed by atoms with Crippen molar-refractivity contribution in [3.8, 4) is 11.4 Å². The van der Waals surface area contributed by atoms with E-state index < -0.39 is 0 Å². The first-order valence-electron chi connectivity index (χ1n) is 9.62. The van der Waals surface area contributed by atoms with Crippen LogP contribution in [0.1, 0.15) is 11.3 Å². The predicted octanol–water partition coefficient (Wildman–Crippen LogP) is 3.58. The zero-order valence-electron chi connectivity index (χ0n) is 17.4. The highest BCUT2D eigenvalue weighted by Crippen LogP contribution is 2.24. The summed E-state index contributed by atoms with van der Waals surface area (Å²) < 4.78 is 7.05. The van der Waals surface area contributed by atoms with Crippen molar-refractivity contribution in [2.24, 2.45) is 0 Å². The third kappa shape index (κ3) is 4.31. The number of carbonyl (C=O) groups excluding carboxylic acids is 1. The monoisotopic (exact) mass is 434 g/mol. The summed E-state index contributed by atoms with van der Waals surface area (Å²) in [7, 11) is 1.60. The molecule has 0 unspecified atom stereocenters. The van der Waals surface area contributed by atoms with Crippen LogP contribution < -0.4 is 15.5 Å². The van der Waals surface area contributed by atoms with Gasteiger partial charge in [0.15, 0.2) is 10.8 Å². The average Bonchev–Trinajstić information content (AvgIpc) is 3.15. The van der Waals surface area contributed by atoms with E-state index in [0.29, 0.717) is 27.6 Å². The fourth-order valence-electron chi connectivity index (χ4n) is 3.19. The second-order valence-electron chi connectivity index (χ2n) is 7.02. The Balaban J connectivity index is 1.68. The molecule has 2 heterocycles. The van der Waals surface area contributed by atoms with Gasteiger partial charge in [-0.1, -0.05) is 35.5 Å². The highest BCUT2D eigenvalue weighted by atomic mass is 32.2. The van der Waals surface area contributed by atoms with Gasteiger partial charge in [-0.3, -0.25) is 19.9 Å². The van der Waals surface area contributed by atoms with Crippen molar-refractivity contribution in [2.45, 2.75) is 19.0 Å². The first-order chi connectivity index (χ1) is 15.0. The fourth-order valence-corrected chi connectivity index (χ4v) is 4.00. The predicted molar refractivity (Wildman–Crippen MR) is 121 cm³/mol. The van der Waals surface area contributed by atoms with E-state index >= 15 is 0 Å². The maximum Gasteiger partial charge on any atom is 0.234 e. The van der Waals surface area contributed by atoms with Crippen molar-refractivity contribution in [3.63, 3.8) is 0 Å². The van der Waals surface area contributed by atoms with Gasteiger partial charge in [-0.25, -0.2) is 4.98 Å². The Morgan fingerprint density at radius 2 is 2.00 bits per heavy atom. The lowest BCUT2D eigenvalue weighted by Gasteiger charge is -2.14. The van der Waals surface area contributed by atoms with Crippen LogP contribution in [0.3, 0.4) is 0 Å². The number of aromatic amines is 1. The molecule has 0 bridgehead atoms. The van der Waals surface area contributed by atoms with Gasteiger partial charge >= 0.3 is 0 Å². The number of nitrogens with zero attached hydrogens (tertiary/aromatic N) is 3. The van der Waals surface area contributed by atoms with Crippen molar-refractivity contribution in [2.75, 3.05) is 18.2 Å². The lowest BCUT2D eigenvalue weighted by molar-refractivity contribution is -0.113. The first-order valence-corrected chi connectivity index (χ1v) is 10.6. The maximum atomic E-state index is 12.5. The number of hydrogen-bond acceptors (Lipinski definition) is 6. The maximum absolute atomic E-state index is 12.5. The first kappa shape index (κ1) is 20.7. The zero-order chi connectivity index (χ0) is 22.0. The molecule has 8 nitrogen and oxygen atoms in total. The van der Waals surface area contributed by atoms with E-state index in [2.05, 4.69) is 20.5 Å². The van der Waals surface area contributed by atoms with Crippen LogP contribution in [0, 0.1) is 19.3 Å². The van der Waals surface area contributed by atoms with E-state index in [1.807, 2.05) is 62.4 Å². The minimum atomic E-state index is -0.153. The van der Waals surface area contributed by atoms with Crippen LogP contribution in [0.5, 0.6) is 5.75 Å². The van der Waals surface area contributed by atoms with Crippen molar-refractivity contribution in [3.05, 3.63) is 65.3 Å². The smallest absolute Gasteiger partial charge is 0.234 e. The van der Waals surface area contributed by atoms with Crippen molar-refractivity contribution < 1.29 is 9.53 Å². The number of rotatable bonds is 6. The van der Waals surface area contributed by atoms with E-state index in [4.69, 9.17) is 10.1 Å². The Labute approximate surface area is 183 Å². The SMILES string of the molecule is COc1cccc(-n2c(SCC(=O)Nc3ccc(C)cc3)nc3[nH]nc(C)c3c2=N)c1. The molecule has 4 aromatic rings. The van der Waals surface area contributed by atoms with Gasteiger partial charge in [-0.15, -0.1) is 0 Å². The lowest BCUT2D eigenvalue weighted by Crippen LogP contribution is -2.23. The molecule has 2 aromatic heterocycles. The molecule has 0 fully saturated rings. The summed E-state index contributed by atoms with van der Waals surface area (Å²) in [5.74, 6) is 0.657. The molecule has 4 rings (SSSR count). The summed E-state index contributed by atoms with van der Waals surface area (Å²) >= 11 is 1.26. The van der Waals surface area contributed by atoms with Crippen molar-refractivity contribution in [1.82, 2.24) is 19.7 Å². The van der Waals surface area contributed by atoms with Gasteiger partial charge in [-0.05, 0) is 38.1 Å². The molecular formula is C22H22N6O2S. The topological polar surface area (TPSA) is 109 Å². The van der Waals surface area contributed by atoms with Crippen LogP contribution in [0.15, 0.2) is 53.7 Å². The van der Waals surface area contributed by atoms with Crippen LogP contribution in [0.25, 0.3) is 16.7 Å². The Morgan fingerprint density at radius 3 is 2.74 bits per heavy atom. The number of aryl methyl sites for hydroxylation is 2. The Morgan fingerprint density at radius 1 is 1.23 bits per heavy atom. The van der Waals surface area contributed by atoms with Crippen LogP contribution in [0.4, 0.5) is 5.69 Å². The third-order valence-electron chi connectivity index (χ3n) is 4.77. The van der Waals surface area contributed by atoms with E-state index in [1.165, 1.54) is 11.8 Å². The second-order valence-corrected chi connectivity index (χ2v) is 7.96. The molecule has 0 saturated carbocycles. The number of thioether (sulfide) groups is 1. The quantitative estimate of drug-likeness (QED) is 0.317. The number of nitrogens with one attached hydrogen (secondary N) is 3. The lowest BCUT2D eigenvalue weighted by atomic mass is 10.2. The molecule has 0 aliphatic heterocycles. The standard InChI is InChI=1S/C22H22N6O2S/c1-13-7-9-15(10-8-13)24-18(29)12-31-22-25-21-19(14(2)26-27-21)20(23)28(22)16-5-4-6-17(11-16)30-3/h4-11,23H,12H2,1-3H3,(H,24,29)(H,26,27). The van der Waals surface area contributed by atoms with Gasteiger partial charge in [0.05, 0.1) is 29.6 Å². The molecule has 0 spiro atoms. The van der Waals surface area contributed by atoms with Crippen molar-refractivity contribution >= 4 is 34.4 Å². The fraction of sp³-hybridized carbons (Fsp3) is 0.182. The number of hydrogen-bond donors (Lipinski definition) is 3. The molecule has 0 saturated heterocycles. The number of amides is 1. The molecule has 31 heavy (non-hydrogen) atoms. The second kappa shape index (κ2) is 8.65. The summed E-state index contributed by atoms with van der Waals surface area (Å²) in [5.41, 5.74) is 4.04. The molecule has 1 amide bonds. The van der Waals surface area contributed by atoms with Gasteiger partial charge in [0, 0.05) is 11.8 Å². The van der Waals surface area contributed by atoms with Gasteiger partial charge in [0.25, 0.3) is 0 Å². The minimum Gasteiger partial charge on any atom is -0.497 e. The number of benzene rings is 2. The zero-order valence-corrected chi connectivity index (χ0v) is 18.2. The van der Waals surface area contributed by atoms with Gasteiger partial charge in [0.1, 0.15) is 11.2 Å². The molecule has 2 aromatic carbocycles. The Bertz CT molecular complexity index is 1310. The highest BCUT2D eigenvalue weighted by molar-refractivity contribution is 7.99. The van der Waals surface area contributed by atoms with Crippen molar-refractivity contribution in [1.29, 1.82) is 5.41 Å². The molecule has 0 radical (unpaired) electrons. The highest BCUT2D eigenvalue weighted by Gasteiger charge is 2.16. The van der Waals surface area contributed by atoms with Crippen LogP contribution in [-0.4, -0.2) is 38.5 Å². The number of anilines is 1. The third-order valence-corrected chi connectivity index (χ3v) is 5.71. The minimum absolute atomic E-state index is 0.142. The number of methoxy groups -OCH3 is 1. The normalized spacial score (nSPS) is 10.9. The Kier molecular flexibility index (Phi) is 5.77. The largest absolute Gasteiger partial charge is 0.497 e. The van der Waals surface area contributed by atoms with Gasteiger partial charge < -0.3 is 10.1 Å². The molecule has 0 aliphatic rings. The van der Waals surface area contributed by atoms with E-state index in [1.54, 1.807) is 11.7 Å². The summed E-state index contributed by atoms with van der Waals surface area (Å²) in [4.78, 5) is 17.2. The number of fused-ring (bicyclic) bond motifs is 1. The number of carbonyl (C=O) groups is 1. The molecule has 158 valence electrons. The van der Waals surface area contributed by atoms with Gasteiger partial charge in [-0.2, -0.15) is 5.10 Å². The number of H-pyrrole nitrogens is 1. The van der Waals surface area contributed by atoms with Gasteiger partial charge in [0.2, 0.25) is 5.91 Å². The van der Waals surface area contributed by atoms with Crippen LogP contribution in [0.2, 0.25) is 0 Å². The summed E-state index contributed by atoms with van der Waals surface area (Å²) in [6.45, 7) is 3.83. The molecule has 3 N–H and O–H groups in total. The number of aromatic nitrogens is 4. The summed E-state index contributed by atoms with van der Waals surface area (Å²) in [5, 5.41) is 19.9. The Hall–Kier alpha value is -3.59. The van der Waals surface area contributed by atoms with Crippen LogP contribution >= 0.6 is 11.8 Å². The average molecular weight is 435 g/mol. The van der Waals surface area contributed by atoms with E-state index in [0.717, 1.165) is 16.9 Å². The van der Waals surface area contributed by atoms with E-state index in [-0.39, 0.29) is 17.1 Å². The molecular weight excluding hydrogens is 412 g/mol. The molecule has 0 aliphatic carbocycles. The molecule has 9 heteroatoms. The molecule has 0 atom stereocenters. The summed E-state index contributed by atoms with van der Waals surface area (Å²) in [6, 6.07) is 15.0. The van der Waals surface area contributed by atoms with E-state index in [9.17, 15) is 4.79 Å². The van der Waals surface area contributed by atoms with Crippen LogP contribution in [-0.2, 0) is 4.79 Å². The summed E-state index contributed by atoms with van der Waals surface area (Å²) in [6.07, 6.45) is 0.